The van der Waals surface area contributed by atoms with Crippen molar-refractivity contribution in [1.82, 2.24) is 0 Å². The van der Waals surface area contributed by atoms with Gasteiger partial charge in [-0.3, -0.25) is 0 Å². The molecule has 0 aromatic rings. The minimum absolute atomic E-state index is 0.752. The first-order valence-electron chi connectivity index (χ1n) is 4.36. The molecule has 14 heavy (non-hydrogen) atoms. The van der Waals surface area contributed by atoms with Gasteiger partial charge in [-0.25, -0.2) is 0 Å². The number of rotatable bonds is 2. The van der Waals surface area contributed by atoms with Crippen LogP contribution in [-0.2, 0) is 9.47 Å². The quantitative estimate of drug-likeness (QED) is 0.504. The Labute approximate surface area is 82.6 Å². The van der Waals surface area contributed by atoms with Gasteiger partial charge in [0, 0.05) is 7.11 Å². The summed E-state index contributed by atoms with van der Waals surface area (Å²) in [6.45, 7) is 4.95. The number of ether oxygens (including phenoxy) is 2. The van der Waals surface area contributed by atoms with E-state index < -0.39 is 30.2 Å². The van der Waals surface area contributed by atoms with E-state index in [-0.39, 0.29) is 0 Å². The van der Waals surface area contributed by atoms with Crippen LogP contribution in [0.1, 0.15) is 6.92 Å². The third-order valence-corrected chi connectivity index (χ3v) is 2.55. The summed E-state index contributed by atoms with van der Waals surface area (Å²) in [7, 11) is 1.35. The van der Waals surface area contributed by atoms with Crippen LogP contribution in [0, 0.1) is 0 Å². The van der Waals surface area contributed by atoms with Crippen molar-refractivity contribution >= 4 is 0 Å². The summed E-state index contributed by atoms with van der Waals surface area (Å²) < 4.78 is 10.2. The summed E-state index contributed by atoms with van der Waals surface area (Å²) in [6.07, 6.45) is -3.18. The second-order valence-electron chi connectivity index (χ2n) is 3.46. The minimum Gasteiger partial charge on any atom is -0.387 e. The van der Waals surface area contributed by atoms with E-state index in [1.165, 1.54) is 20.1 Å². The number of methoxy groups -OCH3 is 1. The molecule has 82 valence electrons. The maximum absolute atomic E-state index is 9.59. The van der Waals surface area contributed by atoms with Crippen LogP contribution in [-0.4, -0.2) is 52.6 Å². The molecule has 1 aliphatic rings. The second-order valence-corrected chi connectivity index (χ2v) is 3.46. The minimum atomic E-state index is -1.32. The molecule has 3 unspecified atom stereocenters. The van der Waals surface area contributed by atoms with Gasteiger partial charge < -0.3 is 24.8 Å². The Morgan fingerprint density at radius 2 is 1.93 bits per heavy atom. The highest BCUT2D eigenvalue weighted by Gasteiger charge is 2.50. The van der Waals surface area contributed by atoms with E-state index in [0.717, 1.165) is 0 Å². The average Bonchev–Trinajstić information content (AvgIpc) is 2.20. The molecule has 1 fully saturated rings. The highest BCUT2D eigenvalue weighted by Crippen LogP contribution is 2.30. The molecule has 1 rings (SSSR count). The predicted octanol–water partition coefficient (Wildman–Crippen LogP) is -0.984. The summed E-state index contributed by atoms with van der Waals surface area (Å²) in [6, 6.07) is 0. The summed E-state index contributed by atoms with van der Waals surface area (Å²) >= 11 is 0. The summed E-state index contributed by atoms with van der Waals surface area (Å²) in [5.74, 6) is -1.32. The van der Waals surface area contributed by atoms with E-state index in [1.807, 2.05) is 0 Å². The molecule has 5 nitrogen and oxygen atoms in total. The lowest BCUT2D eigenvalue weighted by Crippen LogP contribution is -2.63. The van der Waals surface area contributed by atoms with Gasteiger partial charge in [0.1, 0.15) is 24.4 Å². The standard InChI is InChI=1S/C9H16O5/c1-4-5-6(10)7(11)8(12)9(2,13-3)14-5/h4-8,10-12H,1H2,2-3H3/t5?,6-,7?,8?,9+/m1/s1. The Kier molecular flexibility index (Phi) is 3.28. The van der Waals surface area contributed by atoms with Gasteiger partial charge in [0.2, 0.25) is 0 Å². The third-order valence-electron chi connectivity index (χ3n) is 2.55. The molecule has 0 radical (unpaired) electrons. The second kappa shape index (κ2) is 3.96. The lowest BCUT2D eigenvalue weighted by molar-refractivity contribution is -0.337. The van der Waals surface area contributed by atoms with Crippen molar-refractivity contribution in [2.45, 2.75) is 37.1 Å². The van der Waals surface area contributed by atoms with E-state index in [2.05, 4.69) is 6.58 Å². The van der Waals surface area contributed by atoms with E-state index in [4.69, 9.17) is 9.47 Å². The largest absolute Gasteiger partial charge is 0.387 e. The fraction of sp³-hybridized carbons (Fsp3) is 0.778. The van der Waals surface area contributed by atoms with E-state index in [1.54, 1.807) is 0 Å². The van der Waals surface area contributed by atoms with Crippen LogP contribution >= 0.6 is 0 Å². The van der Waals surface area contributed by atoms with Crippen molar-refractivity contribution < 1.29 is 24.8 Å². The van der Waals surface area contributed by atoms with E-state index >= 15 is 0 Å². The van der Waals surface area contributed by atoms with Crippen LogP contribution in [0.4, 0.5) is 0 Å². The lowest BCUT2D eigenvalue weighted by Gasteiger charge is -2.45. The molecular formula is C9H16O5. The van der Waals surface area contributed by atoms with Crippen LogP contribution in [0.15, 0.2) is 12.7 Å². The van der Waals surface area contributed by atoms with Crippen molar-refractivity contribution in [3.05, 3.63) is 12.7 Å². The molecule has 1 saturated heterocycles. The molecule has 1 aliphatic heterocycles. The van der Waals surface area contributed by atoms with Crippen molar-refractivity contribution in [3.63, 3.8) is 0 Å². The SMILES string of the molecule is C=CC1O[C@](C)(OC)C(O)C(O)[C@@H]1O. The van der Waals surface area contributed by atoms with Gasteiger partial charge in [0.15, 0.2) is 5.79 Å². The van der Waals surface area contributed by atoms with Crippen LogP contribution in [0.5, 0.6) is 0 Å². The molecule has 0 aromatic heterocycles. The van der Waals surface area contributed by atoms with Gasteiger partial charge in [-0.15, -0.1) is 6.58 Å². The molecule has 0 aliphatic carbocycles. The van der Waals surface area contributed by atoms with E-state index in [9.17, 15) is 15.3 Å². The van der Waals surface area contributed by atoms with Gasteiger partial charge in [0.05, 0.1) is 0 Å². The molecule has 0 spiro atoms. The fourth-order valence-corrected chi connectivity index (χ4v) is 1.46. The first-order chi connectivity index (χ1) is 6.46. The maximum atomic E-state index is 9.59. The molecule has 3 N–H and O–H groups in total. The van der Waals surface area contributed by atoms with Crippen LogP contribution in [0.25, 0.3) is 0 Å². The highest BCUT2D eigenvalue weighted by molar-refractivity contribution is 5.00. The van der Waals surface area contributed by atoms with Gasteiger partial charge in [-0.1, -0.05) is 6.08 Å². The monoisotopic (exact) mass is 204 g/mol. The predicted molar refractivity (Wildman–Crippen MR) is 48.5 cm³/mol. The molecule has 0 saturated carbocycles. The fourth-order valence-electron chi connectivity index (χ4n) is 1.46. The zero-order valence-electron chi connectivity index (χ0n) is 8.25. The zero-order valence-corrected chi connectivity index (χ0v) is 8.25. The van der Waals surface area contributed by atoms with Crippen LogP contribution in [0.2, 0.25) is 0 Å². The third kappa shape index (κ3) is 1.69. The molecule has 0 bridgehead atoms. The molecule has 1 heterocycles. The first-order valence-corrected chi connectivity index (χ1v) is 4.36. The van der Waals surface area contributed by atoms with Gasteiger partial charge in [0.25, 0.3) is 0 Å². The lowest BCUT2D eigenvalue weighted by atomic mass is 9.93. The molecule has 5 heteroatoms. The maximum Gasteiger partial charge on any atom is 0.194 e. The Bertz CT molecular complexity index is 219. The Balaban J connectivity index is 2.89. The average molecular weight is 204 g/mol. The number of aliphatic hydroxyl groups is 3. The molecule has 0 amide bonds. The van der Waals surface area contributed by atoms with Gasteiger partial charge in [-0.2, -0.15) is 0 Å². The van der Waals surface area contributed by atoms with Crippen molar-refractivity contribution in [2.75, 3.05) is 7.11 Å². The Morgan fingerprint density at radius 3 is 2.36 bits per heavy atom. The zero-order chi connectivity index (χ0) is 10.9. The number of hydrogen-bond donors (Lipinski definition) is 3. The van der Waals surface area contributed by atoms with Crippen LogP contribution < -0.4 is 0 Å². The van der Waals surface area contributed by atoms with Crippen molar-refractivity contribution in [3.8, 4) is 0 Å². The normalized spacial score (nSPS) is 48.9. The molecule has 5 atom stereocenters. The first kappa shape index (κ1) is 11.6. The highest BCUT2D eigenvalue weighted by atomic mass is 16.7. The topological polar surface area (TPSA) is 79.2 Å². The molecule has 0 aromatic carbocycles. The Hall–Kier alpha value is -0.460. The smallest absolute Gasteiger partial charge is 0.194 e. The molecular weight excluding hydrogens is 188 g/mol. The summed E-state index contributed by atoms with van der Waals surface area (Å²) in [5, 5.41) is 28.6. The summed E-state index contributed by atoms with van der Waals surface area (Å²) in [4.78, 5) is 0. The number of hydrogen-bond acceptors (Lipinski definition) is 5. The van der Waals surface area contributed by atoms with Crippen LogP contribution in [0.3, 0.4) is 0 Å². The van der Waals surface area contributed by atoms with E-state index in [0.29, 0.717) is 0 Å². The van der Waals surface area contributed by atoms with Crippen molar-refractivity contribution in [2.24, 2.45) is 0 Å². The van der Waals surface area contributed by atoms with Gasteiger partial charge in [-0.05, 0) is 6.92 Å². The van der Waals surface area contributed by atoms with Gasteiger partial charge >= 0.3 is 0 Å². The summed E-state index contributed by atoms with van der Waals surface area (Å²) in [5.41, 5.74) is 0. The Morgan fingerprint density at radius 1 is 1.36 bits per heavy atom. The number of aliphatic hydroxyl groups excluding tert-OH is 3. The van der Waals surface area contributed by atoms with Crippen molar-refractivity contribution in [1.29, 1.82) is 0 Å².